The van der Waals surface area contributed by atoms with E-state index in [2.05, 4.69) is 15.2 Å². The van der Waals surface area contributed by atoms with E-state index in [4.69, 9.17) is 11.6 Å². The Morgan fingerprint density at radius 3 is 2.50 bits per heavy atom. The molecule has 0 N–H and O–H groups in total. The zero-order valence-corrected chi connectivity index (χ0v) is 9.09. The lowest BCUT2D eigenvalue weighted by molar-refractivity contribution is 0.432. The predicted octanol–water partition coefficient (Wildman–Crippen LogP) is 2.88. The Kier molecular flexibility index (Phi) is 2.96. The molecule has 0 aliphatic heterocycles. The molecule has 76 valence electrons. The fourth-order valence-corrected chi connectivity index (χ4v) is 2.33. The highest BCUT2D eigenvalue weighted by atomic mass is 35.5. The molecule has 1 aromatic heterocycles. The van der Waals surface area contributed by atoms with Gasteiger partial charge in [-0.15, -0.1) is 5.10 Å². The SMILES string of the molecule is Cc1nnc(C2CCCCC2)c(Cl)n1. The van der Waals surface area contributed by atoms with Crippen LogP contribution in [0.4, 0.5) is 0 Å². The fraction of sp³-hybridized carbons (Fsp3) is 0.700. The van der Waals surface area contributed by atoms with Crippen LogP contribution in [0.1, 0.15) is 49.5 Å². The van der Waals surface area contributed by atoms with Crippen LogP contribution >= 0.6 is 11.6 Å². The van der Waals surface area contributed by atoms with Crippen molar-refractivity contribution in [3.8, 4) is 0 Å². The summed E-state index contributed by atoms with van der Waals surface area (Å²) in [6.07, 6.45) is 6.24. The Bertz CT molecular complexity index is 321. The molecule has 0 atom stereocenters. The van der Waals surface area contributed by atoms with Crippen LogP contribution in [0.15, 0.2) is 0 Å². The lowest BCUT2D eigenvalue weighted by Crippen LogP contribution is -2.09. The molecule has 0 unspecified atom stereocenters. The third-order valence-electron chi connectivity index (χ3n) is 2.77. The smallest absolute Gasteiger partial charge is 0.154 e. The van der Waals surface area contributed by atoms with Crippen LogP contribution in [-0.2, 0) is 0 Å². The third-order valence-corrected chi connectivity index (χ3v) is 3.04. The molecule has 1 aromatic rings. The second-order valence-electron chi connectivity index (χ2n) is 3.87. The van der Waals surface area contributed by atoms with E-state index in [1.807, 2.05) is 6.92 Å². The number of halogens is 1. The molecule has 0 bridgehead atoms. The second-order valence-corrected chi connectivity index (χ2v) is 4.23. The van der Waals surface area contributed by atoms with Crippen molar-refractivity contribution in [3.05, 3.63) is 16.7 Å². The van der Waals surface area contributed by atoms with E-state index in [9.17, 15) is 0 Å². The minimum Gasteiger partial charge on any atom is -0.218 e. The van der Waals surface area contributed by atoms with Crippen LogP contribution in [0.3, 0.4) is 0 Å². The fourth-order valence-electron chi connectivity index (χ4n) is 2.02. The zero-order valence-electron chi connectivity index (χ0n) is 8.33. The van der Waals surface area contributed by atoms with Gasteiger partial charge in [0, 0.05) is 5.92 Å². The maximum Gasteiger partial charge on any atom is 0.154 e. The van der Waals surface area contributed by atoms with E-state index in [1.54, 1.807) is 0 Å². The quantitative estimate of drug-likeness (QED) is 0.717. The molecule has 2 rings (SSSR count). The summed E-state index contributed by atoms with van der Waals surface area (Å²) in [6, 6.07) is 0. The normalized spacial score (nSPS) is 18.4. The first-order valence-corrected chi connectivity index (χ1v) is 5.52. The highest BCUT2D eigenvalue weighted by molar-refractivity contribution is 6.30. The van der Waals surface area contributed by atoms with Crippen LogP contribution in [-0.4, -0.2) is 15.2 Å². The molecule has 1 aliphatic rings. The number of aryl methyl sites for hydroxylation is 1. The Morgan fingerprint density at radius 1 is 1.14 bits per heavy atom. The minimum atomic E-state index is 0.483. The van der Waals surface area contributed by atoms with Crippen LogP contribution in [0, 0.1) is 6.92 Å². The van der Waals surface area contributed by atoms with Crippen molar-refractivity contribution in [2.45, 2.75) is 44.9 Å². The Labute approximate surface area is 88.9 Å². The minimum absolute atomic E-state index is 0.483. The first kappa shape index (κ1) is 9.84. The Balaban J connectivity index is 2.22. The molecule has 0 amide bonds. The maximum atomic E-state index is 6.05. The molecule has 14 heavy (non-hydrogen) atoms. The summed E-state index contributed by atoms with van der Waals surface area (Å²) in [5.41, 5.74) is 0.900. The van der Waals surface area contributed by atoms with Gasteiger partial charge in [0.2, 0.25) is 0 Å². The lowest BCUT2D eigenvalue weighted by atomic mass is 9.87. The third kappa shape index (κ3) is 2.03. The lowest BCUT2D eigenvalue weighted by Gasteiger charge is -2.20. The van der Waals surface area contributed by atoms with Gasteiger partial charge < -0.3 is 0 Å². The summed E-state index contributed by atoms with van der Waals surface area (Å²) in [6.45, 7) is 1.81. The number of hydrogen-bond donors (Lipinski definition) is 0. The molecule has 0 aromatic carbocycles. The van der Waals surface area contributed by atoms with Crippen molar-refractivity contribution in [1.29, 1.82) is 0 Å². The van der Waals surface area contributed by atoms with E-state index in [-0.39, 0.29) is 0 Å². The summed E-state index contributed by atoms with van der Waals surface area (Å²) in [4.78, 5) is 4.14. The van der Waals surface area contributed by atoms with Crippen molar-refractivity contribution in [1.82, 2.24) is 15.2 Å². The van der Waals surface area contributed by atoms with Gasteiger partial charge in [-0.05, 0) is 19.8 Å². The van der Waals surface area contributed by atoms with E-state index < -0.39 is 0 Å². The van der Waals surface area contributed by atoms with Gasteiger partial charge in [0.05, 0.1) is 0 Å². The first-order valence-electron chi connectivity index (χ1n) is 5.14. The van der Waals surface area contributed by atoms with Gasteiger partial charge in [-0.25, -0.2) is 4.98 Å². The standard InChI is InChI=1S/C10H14ClN3/c1-7-12-10(11)9(14-13-7)8-5-3-2-4-6-8/h8H,2-6H2,1H3. The van der Waals surface area contributed by atoms with Gasteiger partial charge >= 0.3 is 0 Å². The van der Waals surface area contributed by atoms with E-state index >= 15 is 0 Å². The summed E-state index contributed by atoms with van der Waals surface area (Å²) in [7, 11) is 0. The zero-order chi connectivity index (χ0) is 9.97. The highest BCUT2D eigenvalue weighted by Crippen LogP contribution is 2.33. The molecular weight excluding hydrogens is 198 g/mol. The Morgan fingerprint density at radius 2 is 1.86 bits per heavy atom. The highest BCUT2D eigenvalue weighted by Gasteiger charge is 2.20. The molecule has 0 spiro atoms. The summed E-state index contributed by atoms with van der Waals surface area (Å²) < 4.78 is 0. The Hall–Kier alpha value is -0.700. The number of rotatable bonds is 1. The van der Waals surface area contributed by atoms with Crippen molar-refractivity contribution < 1.29 is 0 Å². The molecule has 1 saturated carbocycles. The van der Waals surface area contributed by atoms with Gasteiger partial charge in [0.15, 0.2) is 5.15 Å². The summed E-state index contributed by atoms with van der Waals surface area (Å²) >= 11 is 6.05. The van der Waals surface area contributed by atoms with Crippen LogP contribution in [0.5, 0.6) is 0 Å². The molecular formula is C10H14ClN3. The maximum absolute atomic E-state index is 6.05. The van der Waals surface area contributed by atoms with E-state index in [1.165, 1.54) is 32.1 Å². The van der Waals surface area contributed by atoms with Gasteiger partial charge in [-0.2, -0.15) is 5.10 Å². The van der Waals surface area contributed by atoms with Crippen LogP contribution in [0.2, 0.25) is 5.15 Å². The van der Waals surface area contributed by atoms with E-state index in [0.717, 1.165) is 5.69 Å². The molecule has 1 aliphatic carbocycles. The largest absolute Gasteiger partial charge is 0.218 e. The molecule has 4 heteroatoms. The number of nitrogens with zero attached hydrogens (tertiary/aromatic N) is 3. The number of aromatic nitrogens is 3. The predicted molar refractivity (Wildman–Crippen MR) is 55.4 cm³/mol. The molecule has 1 fully saturated rings. The summed E-state index contributed by atoms with van der Waals surface area (Å²) in [5.74, 6) is 1.13. The van der Waals surface area contributed by atoms with E-state index in [0.29, 0.717) is 16.9 Å². The van der Waals surface area contributed by atoms with Gasteiger partial charge in [0.25, 0.3) is 0 Å². The van der Waals surface area contributed by atoms with Gasteiger partial charge in [0.1, 0.15) is 11.5 Å². The second kappa shape index (κ2) is 4.22. The topological polar surface area (TPSA) is 38.7 Å². The van der Waals surface area contributed by atoms with Gasteiger partial charge in [-0.3, -0.25) is 0 Å². The van der Waals surface area contributed by atoms with Crippen LogP contribution < -0.4 is 0 Å². The van der Waals surface area contributed by atoms with Crippen molar-refractivity contribution >= 4 is 11.6 Å². The number of hydrogen-bond acceptors (Lipinski definition) is 3. The molecule has 1 heterocycles. The average Bonchev–Trinajstić information content (AvgIpc) is 2.19. The first-order chi connectivity index (χ1) is 6.77. The molecule has 0 radical (unpaired) electrons. The average molecular weight is 212 g/mol. The van der Waals surface area contributed by atoms with Gasteiger partial charge in [-0.1, -0.05) is 30.9 Å². The monoisotopic (exact) mass is 211 g/mol. The molecule has 3 nitrogen and oxygen atoms in total. The van der Waals surface area contributed by atoms with Crippen molar-refractivity contribution in [2.24, 2.45) is 0 Å². The summed E-state index contributed by atoms with van der Waals surface area (Å²) in [5, 5.41) is 8.67. The van der Waals surface area contributed by atoms with Crippen molar-refractivity contribution in [3.63, 3.8) is 0 Å². The molecule has 0 saturated heterocycles. The van der Waals surface area contributed by atoms with Crippen LogP contribution in [0.25, 0.3) is 0 Å². The van der Waals surface area contributed by atoms with Crippen molar-refractivity contribution in [2.75, 3.05) is 0 Å².